The fourth-order valence-electron chi connectivity index (χ4n) is 8.75. The largest absolute Gasteiger partial charge is 0.462 e. The monoisotopic (exact) mass is 1020 g/mol. The van der Waals surface area contributed by atoms with Crippen LogP contribution in [0.1, 0.15) is 303 Å². The van der Waals surface area contributed by atoms with Gasteiger partial charge < -0.3 is 14.2 Å². The van der Waals surface area contributed by atoms with Gasteiger partial charge in [0.15, 0.2) is 6.10 Å². The number of hydrogen-bond acceptors (Lipinski definition) is 6. The number of carbonyl (C=O) groups excluding carboxylic acids is 3. The molecule has 0 aliphatic heterocycles. The predicted molar refractivity (Wildman–Crippen MR) is 316 cm³/mol. The third-order valence-corrected chi connectivity index (χ3v) is 13.4. The number of rotatable bonds is 56. The van der Waals surface area contributed by atoms with Crippen LogP contribution in [0, 0.1) is 0 Å². The minimum atomic E-state index is -0.812. The molecule has 1 unspecified atom stereocenters. The first-order valence-corrected chi connectivity index (χ1v) is 31.1. The van der Waals surface area contributed by atoms with Crippen LogP contribution in [-0.4, -0.2) is 37.2 Å². The van der Waals surface area contributed by atoms with Crippen LogP contribution in [0.15, 0.2) is 85.1 Å². The van der Waals surface area contributed by atoms with E-state index in [1.807, 2.05) is 0 Å². The second-order valence-corrected chi connectivity index (χ2v) is 20.6. The van der Waals surface area contributed by atoms with E-state index in [4.69, 9.17) is 14.2 Å². The maximum Gasteiger partial charge on any atom is 0.306 e. The molecule has 0 N–H and O–H groups in total. The highest BCUT2D eigenvalue weighted by molar-refractivity contribution is 5.71. The summed E-state index contributed by atoms with van der Waals surface area (Å²) < 4.78 is 16.8. The molecule has 6 nitrogen and oxygen atoms in total. The van der Waals surface area contributed by atoms with Crippen molar-refractivity contribution in [1.29, 1.82) is 0 Å². The highest BCUT2D eigenvalue weighted by Crippen LogP contribution is 2.17. The van der Waals surface area contributed by atoms with Crippen LogP contribution in [-0.2, 0) is 28.6 Å². The molecule has 73 heavy (non-hydrogen) atoms. The highest BCUT2D eigenvalue weighted by atomic mass is 16.6. The van der Waals surface area contributed by atoms with Gasteiger partial charge in [-0.15, -0.1) is 0 Å². The van der Waals surface area contributed by atoms with Crippen LogP contribution < -0.4 is 0 Å². The summed E-state index contributed by atoms with van der Waals surface area (Å²) in [4.78, 5) is 38.2. The lowest BCUT2D eigenvalue weighted by Gasteiger charge is -2.18. The Morgan fingerprint density at radius 2 is 0.575 bits per heavy atom. The zero-order valence-electron chi connectivity index (χ0n) is 48.1. The summed E-state index contributed by atoms with van der Waals surface area (Å²) >= 11 is 0. The van der Waals surface area contributed by atoms with Gasteiger partial charge in [0, 0.05) is 19.3 Å². The first-order chi connectivity index (χ1) is 36.0. The molecule has 0 fully saturated rings. The summed E-state index contributed by atoms with van der Waals surface area (Å²) in [5.74, 6) is -0.966. The standard InChI is InChI=1S/C67H116O6/c1-4-7-10-13-16-19-22-25-27-29-30-31-32-33-34-35-36-38-39-42-45-48-51-54-57-60-66(69)72-63-64(62-71-65(68)59-56-53-50-47-44-41-24-21-18-15-12-9-6-3)73-67(70)61-58-55-52-49-46-43-40-37-28-26-23-20-17-14-11-8-5-2/h8,11-12,15,17,20-21,24,26,28,40,43,49,52,64H,4-7,9-10,13-14,16,18-19,22-23,25,27,29-39,41-42,44-48,50-51,53-63H2,1-3H3/b11-8-,15-12-,20-17-,24-21-,28-26-,43-40-,52-49-. The second-order valence-electron chi connectivity index (χ2n) is 20.6. The first-order valence-electron chi connectivity index (χ1n) is 31.1. The van der Waals surface area contributed by atoms with E-state index in [1.165, 1.54) is 148 Å². The molecule has 0 rings (SSSR count). The summed E-state index contributed by atoms with van der Waals surface area (Å²) in [7, 11) is 0. The third-order valence-electron chi connectivity index (χ3n) is 13.4. The molecule has 0 aliphatic carbocycles. The van der Waals surface area contributed by atoms with Gasteiger partial charge in [0.05, 0.1) is 0 Å². The second kappa shape index (κ2) is 61.1. The third kappa shape index (κ3) is 59.3. The van der Waals surface area contributed by atoms with Crippen molar-refractivity contribution in [1.82, 2.24) is 0 Å². The highest BCUT2D eigenvalue weighted by Gasteiger charge is 2.19. The van der Waals surface area contributed by atoms with E-state index in [9.17, 15) is 14.4 Å². The summed E-state index contributed by atoms with van der Waals surface area (Å²) in [6.07, 6.45) is 80.3. The van der Waals surface area contributed by atoms with E-state index < -0.39 is 6.10 Å². The van der Waals surface area contributed by atoms with E-state index in [0.717, 1.165) is 109 Å². The number of allylic oxidation sites excluding steroid dienone is 14. The molecule has 0 spiro atoms. The molecule has 0 aromatic carbocycles. The maximum absolute atomic E-state index is 12.8. The Kier molecular flexibility index (Phi) is 58.3. The fraction of sp³-hybridized carbons (Fsp3) is 0.746. The van der Waals surface area contributed by atoms with Gasteiger partial charge in [-0.2, -0.15) is 0 Å². The number of carbonyl (C=O) groups is 3. The zero-order valence-corrected chi connectivity index (χ0v) is 48.1. The molecular formula is C67H116O6. The van der Waals surface area contributed by atoms with Gasteiger partial charge in [-0.05, 0) is 83.5 Å². The molecule has 0 aromatic rings. The minimum Gasteiger partial charge on any atom is -0.462 e. The van der Waals surface area contributed by atoms with Gasteiger partial charge >= 0.3 is 17.9 Å². The normalized spacial score (nSPS) is 12.6. The Bertz CT molecular complexity index is 1400. The molecule has 0 aliphatic rings. The average molecular weight is 1020 g/mol. The molecule has 0 radical (unpaired) electrons. The predicted octanol–water partition coefficient (Wildman–Crippen LogP) is 21.1. The Labute approximate surface area is 452 Å². The Morgan fingerprint density at radius 3 is 0.932 bits per heavy atom. The average Bonchev–Trinajstić information content (AvgIpc) is 3.39. The van der Waals surface area contributed by atoms with E-state index in [-0.39, 0.29) is 37.5 Å². The number of unbranched alkanes of at least 4 members (excludes halogenated alkanes) is 31. The Balaban J connectivity index is 4.33. The van der Waals surface area contributed by atoms with Crippen LogP contribution in [0.3, 0.4) is 0 Å². The molecule has 0 aromatic heterocycles. The molecule has 6 heteroatoms. The molecular weight excluding hydrogens is 901 g/mol. The van der Waals surface area contributed by atoms with E-state index in [1.54, 1.807) is 0 Å². The van der Waals surface area contributed by atoms with Crippen LogP contribution in [0.5, 0.6) is 0 Å². The van der Waals surface area contributed by atoms with Crippen LogP contribution >= 0.6 is 0 Å². The van der Waals surface area contributed by atoms with E-state index in [2.05, 4.69) is 106 Å². The molecule has 0 heterocycles. The SMILES string of the molecule is CC/C=C\C/C=C\C/C=C\C/C=C\C/C=C\CCCC(=O)OC(COC(=O)CCCCCCC/C=C\C/C=C\CCC)COC(=O)CCCCCCCCCCCCCCCCCCCCCCCCCCC. The van der Waals surface area contributed by atoms with Crippen molar-refractivity contribution in [3.8, 4) is 0 Å². The zero-order chi connectivity index (χ0) is 52.9. The summed E-state index contributed by atoms with van der Waals surface area (Å²) in [5.41, 5.74) is 0. The smallest absolute Gasteiger partial charge is 0.306 e. The van der Waals surface area contributed by atoms with Gasteiger partial charge in [0.1, 0.15) is 13.2 Å². The topological polar surface area (TPSA) is 78.9 Å². The van der Waals surface area contributed by atoms with Crippen molar-refractivity contribution in [2.45, 2.75) is 309 Å². The van der Waals surface area contributed by atoms with Crippen molar-refractivity contribution in [2.24, 2.45) is 0 Å². The van der Waals surface area contributed by atoms with Crippen molar-refractivity contribution in [2.75, 3.05) is 13.2 Å². The van der Waals surface area contributed by atoms with Crippen molar-refractivity contribution in [3.63, 3.8) is 0 Å². The van der Waals surface area contributed by atoms with Crippen LogP contribution in [0.25, 0.3) is 0 Å². The minimum absolute atomic E-state index is 0.102. The van der Waals surface area contributed by atoms with Gasteiger partial charge in [-0.1, -0.05) is 286 Å². The van der Waals surface area contributed by atoms with Crippen molar-refractivity contribution < 1.29 is 28.6 Å². The lowest BCUT2D eigenvalue weighted by Crippen LogP contribution is -2.30. The Hall–Kier alpha value is -3.41. The molecule has 0 saturated heterocycles. The van der Waals surface area contributed by atoms with Gasteiger partial charge in [-0.25, -0.2) is 0 Å². The van der Waals surface area contributed by atoms with Gasteiger partial charge in [-0.3, -0.25) is 14.4 Å². The number of hydrogen-bond donors (Lipinski definition) is 0. The molecule has 420 valence electrons. The van der Waals surface area contributed by atoms with E-state index >= 15 is 0 Å². The lowest BCUT2D eigenvalue weighted by atomic mass is 10.0. The molecule has 0 saturated carbocycles. The summed E-state index contributed by atoms with van der Waals surface area (Å²) in [5, 5.41) is 0. The summed E-state index contributed by atoms with van der Waals surface area (Å²) in [6.45, 7) is 6.43. The first kappa shape index (κ1) is 69.6. The van der Waals surface area contributed by atoms with Gasteiger partial charge in [0.2, 0.25) is 0 Å². The van der Waals surface area contributed by atoms with Crippen molar-refractivity contribution >= 4 is 17.9 Å². The number of esters is 3. The Morgan fingerprint density at radius 1 is 0.288 bits per heavy atom. The van der Waals surface area contributed by atoms with Crippen LogP contribution in [0.2, 0.25) is 0 Å². The summed E-state index contributed by atoms with van der Waals surface area (Å²) in [6, 6.07) is 0. The fourth-order valence-corrected chi connectivity index (χ4v) is 8.75. The molecule has 0 amide bonds. The lowest BCUT2D eigenvalue weighted by molar-refractivity contribution is -0.167. The number of ether oxygens (including phenoxy) is 3. The quantitative estimate of drug-likeness (QED) is 0.0261. The maximum atomic E-state index is 12.8. The van der Waals surface area contributed by atoms with Crippen LogP contribution in [0.4, 0.5) is 0 Å². The van der Waals surface area contributed by atoms with Crippen molar-refractivity contribution in [3.05, 3.63) is 85.1 Å². The molecule has 0 bridgehead atoms. The van der Waals surface area contributed by atoms with E-state index in [0.29, 0.717) is 19.3 Å². The molecule has 1 atom stereocenters. The van der Waals surface area contributed by atoms with Gasteiger partial charge in [0.25, 0.3) is 0 Å².